The van der Waals surface area contributed by atoms with Gasteiger partial charge in [0.25, 0.3) is 0 Å². The average Bonchev–Trinajstić information content (AvgIpc) is 3.12. The number of benzene rings is 2. The van der Waals surface area contributed by atoms with Gasteiger partial charge in [0.1, 0.15) is 0 Å². The van der Waals surface area contributed by atoms with Crippen LogP contribution < -0.4 is 0 Å². The first-order valence-corrected chi connectivity index (χ1v) is 8.27. The second kappa shape index (κ2) is 4.89. The minimum Gasteiger partial charge on any atom is -0.144 e. The Hall–Kier alpha value is -1.90. The molecule has 0 unspecified atom stereocenters. The topological polar surface area (TPSA) is 0 Å². The van der Waals surface area contributed by atoms with Gasteiger partial charge in [-0.05, 0) is 69.1 Å². The summed E-state index contributed by atoms with van der Waals surface area (Å²) in [6, 6.07) is 17.6. The lowest BCUT2D eigenvalue weighted by Gasteiger charge is -1.96. The van der Waals surface area contributed by atoms with Crippen LogP contribution in [0.3, 0.4) is 0 Å². The Morgan fingerprint density at radius 2 is 1.10 bits per heavy atom. The van der Waals surface area contributed by atoms with Crippen LogP contribution in [0.15, 0.2) is 59.3 Å². The molecule has 2 heterocycles. The van der Waals surface area contributed by atoms with Crippen molar-refractivity contribution in [2.45, 2.75) is 0 Å². The number of fused-ring (bicyclic) bond motifs is 2. The Morgan fingerprint density at radius 1 is 0.600 bits per heavy atom. The first-order chi connectivity index (χ1) is 9.88. The third-order valence-electron chi connectivity index (χ3n) is 3.42. The molecule has 0 amide bonds. The summed E-state index contributed by atoms with van der Waals surface area (Å²) < 4.78 is 2.70. The molecule has 0 aliphatic rings. The summed E-state index contributed by atoms with van der Waals surface area (Å²) in [7, 11) is 0. The first kappa shape index (κ1) is 11.9. The van der Waals surface area contributed by atoms with E-state index in [1.165, 1.54) is 31.3 Å². The lowest BCUT2D eigenvalue weighted by molar-refractivity contribution is 1.74. The van der Waals surface area contributed by atoms with E-state index >= 15 is 0 Å². The van der Waals surface area contributed by atoms with Crippen LogP contribution in [0.4, 0.5) is 0 Å². The predicted molar refractivity (Wildman–Crippen MR) is 92.6 cm³/mol. The van der Waals surface area contributed by atoms with Crippen LogP contribution >= 0.6 is 22.7 Å². The van der Waals surface area contributed by atoms with Gasteiger partial charge in [-0.15, -0.1) is 22.7 Å². The van der Waals surface area contributed by atoms with Crippen LogP contribution in [0, 0.1) is 0 Å². The maximum Gasteiger partial charge on any atom is 0.0343 e. The SMILES string of the molecule is C(=C\c1ccc2sccc2c1)/c1ccc2sccc2c1. The second-order valence-electron chi connectivity index (χ2n) is 4.77. The van der Waals surface area contributed by atoms with Gasteiger partial charge in [0.05, 0.1) is 0 Å². The Balaban J connectivity index is 1.69. The van der Waals surface area contributed by atoms with Crippen LogP contribution in [0.5, 0.6) is 0 Å². The molecule has 0 saturated heterocycles. The zero-order valence-electron chi connectivity index (χ0n) is 10.7. The number of rotatable bonds is 2. The predicted octanol–water partition coefficient (Wildman–Crippen LogP) is 6.29. The highest BCUT2D eigenvalue weighted by molar-refractivity contribution is 7.17. The van der Waals surface area contributed by atoms with Gasteiger partial charge in [-0.2, -0.15) is 0 Å². The summed E-state index contributed by atoms with van der Waals surface area (Å²) in [5.41, 5.74) is 2.50. The van der Waals surface area contributed by atoms with Crippen molar-refractivity contribution in [3.05, 3.63) is 70.4 Å². The van der Waals surface area contributed by atoms with E-state index in [9.17, 15) is 0 Å². The molecule has 0 spiro atoms. The molecule has 0 aliphatic carbocycles. The fourth-order valence-corrected chi connectivity index (χ4v) is 3.91. The largest absolute Gasteiger partial charge is 0.144 e. The summed E-state index contributed by atoms with van der Waals surface area (Å²) >= 11 is 3.58. The summed E-state index contributed by atoms with van der Waals surface area (Å²) in [6.07, 6.45) is 4.37. The minimum atomic E-state index is 1.25. The quantitative estimate of drug-likeness (QED) is 0.381. The molecule has 4 aromatic rings. The van der Waals surface area contributed by atoms with Crippen LogP contribution in [0.2, 0.25) is 0 Å². The normalized spacial score (nSPS) is 11.8. The number of hydrogen-bond acceptors (Lipinski definition) is 2. The van der Waals surface area contributed by atoms with Crippen molar-refractivity contribution in [2.75, 3.05) is 0 Å². The molecule has 0 atom stereocenters. The van der Waals surface area contributed by atoms with Crippen molar-refractivity contribution < 1.29 is 0 Å². The highest BCUT2D eigenvalue weighted by atomic mass is 32.1. The molecule has 0 bridgehead atoms. The van der Waals surface area contributed by atoms with Gasteiger partial charge in [0.15, 0.2) is 0 Å². The minimum absolute atomic E-state index is 1.25. The van der Waals surface area contributed by atoms with E-state index in [2.05, 4.69) is 71.4 Å². The van der Waals surface area contributed by atoms with E-state index < -0.39 is 0 Å². The zero-order valence-corrected chi connectivity index (χ0v) is 12.4. The fraction of sp³-hybridized carbons (Fsp3) is 0. The molecule has 96 valence electrons. The van der Waals surface area contributed by atoms with E-state index in [1.807, 2.05) is 0 Å². The van der Waals surface area contributed by atoms with Gasteiger partial charge in [0.2, 0.25) is 0 Å². The highest BCUT2D eigenvalue weighted by Crippen LogP contribution is 2.24. The summed E-state index contributed by atoms with van der Waals surface area (Å²) in [4.78, 5) is 0. The van der Waals surface area contributed by atoms with Crippen LogP contribution in [-0.4, -0.2) is 0 Å². The van der Waals surface area contributed by atoms with Gasteiger partial charge >= 0.3 is 0 Å². The van der Waals surface area contributed by atoms with E-state index in [1.54, 1.807) is 22.7 Å². The molecule has 20 heavy (non-hydrogen) atoms. The molecule has 0 nitrogen and oxygen atoms in total. The smallest absolute Gasteiger partial charge is 0.0343 e. The molecule has 4 rings (SSSR count). The lowest BCUT2D eigenvalue weighted by Crippen LogP contribution is -1.73. The molecule has 0 aliphatic heterocycles. The van der Waals surface area contributed by atoms with Crippen LogP contribution in [-0.2, 0) is 0 Å². The van der Waals surface area contributed by atoms with Crippen molar-refractivity contribution >= 4 is 55.0 Å². The third-order valence-corrected chi connectivity index (χ3v) is 5.22. The van der Waals surface area contributed by atoms with Gasteiger partial charge in [-0.25, -0.2) is 0 Å². The van der Waals surface area contributed by atoms with Crippen LogP contribution in [0.25, 0.3) is 32.3 Å². The number of hydrogen-bond donors (Lipinski definition) is 0. The average molecular weight is 292 g/mol. The lowest BCUT2D eigenvalue weighted by atomic mass is 10.1. The van der Waals surface area contributed by atoms with Gasteiger partial charge in [0, 0.05) is 9.40 Å². The fourth-order valence-electron chi connectivity index (χ4n) is 2.37. The second-order valence-corrected chi connectivity index (χ2v) is 6.66. The Kier molecular flexibility index (Phi) is 2.91. The van der Waals surface area contributed by atoms with E-state index in [4.69, 9.17) is 0 Å². The molecular formula is C18H12S2. The van der Waals surface area contributed by atoms with Crippen molar-refractivity contribution in [3.8, 4) is 0 Å². The summed E-state index contributed by atoms with van der Waals surface area (Å²) in [6.45, 7) is 0. The molecule has 2 aromatic carbocycles. The maximum atomic E-state index is 2.24. The van der Waals surface area contributed by atoms with Crippen LogP contribution in [0.1, 0.15) is 11.1 Å². The zero-order chi connectivity index (χ0) is 13.4. The van der Waals surface area contributed by atoms with E-state index in [0.717, 1.165) is 0 Å². The summed E-state index contributed by atoms with van der Waals surface area (Å²) in [5, 5.41) is 6.93. The van der Waals surface area contributed by atoms with Crippen molar-refractivity contribution in [1.29, 1.82) is 0 Å². The highest BCUT2D eigenvalue weighted by Gasteiger charge is 1.97. The number of thiophene rings is 2. The third kappa shape index (κ3) is 2.17. The van der Waals surface area contributed by atoms with Crippen molar-refractivity contribution in [2.24, 2.45) is 0 Å². The maximum absolute atomic E-state index is 2.24. The van der Waals surface area contributed by atoms with Gasteiger partial charge < -0.3 is 0 Å². The Morgan fingerprint density at radius 3 is 1.60 bits per heavy atom. The van der Waals surface area contributed by atoms with Gasteiger partial charge in [-0.1, -0.05) is 24.3 Å². The standard InChI is InChI=1S/C18H12S2/c1(13-3-5-17-15(11-13)7-9-19-17)2-14-4-6-18-16(12-14)8-10-20-18/h1-12H/b2-1+. The molecule has 0 N–H and O–H groups in total. The van der Waals surface area contributed by atoms with Crippen molar-refractivity contribution in [3.63, 3.8) is 0 Å². The molecule has 2 heteroatoms. The van der Waals surface area contributed by atoms with Crippen molar-refractivity contribution in [1.82, 2.24) is 0 Å². The van der Waals surface area contributed by atoms with E-state index in [-0.39, 0.29) is 0 Å². The molecular weight excluding hydrogens is 280 g/mol. The molecule has 0 radical (unpaired) electrons. The Labute approximate surface area is 125 Å². The summed E-state index contributed by atoms with van der Waals surface area (Å²) in [5.74, 6) is 0. The Bertz CT molecular complexity index is 833. The molecule has 0 fully saturated rings. The molecule has 2 aromatic heterocycles. The van der Waals surface area contributed by atoms with Gasteiger partial charge in [-0.3, -0.25) is 0 Å². The van der Waals surface area contributed by atoms with E-state index in [0.29, 0.717) is 0 Å². The first-order valence-electron chi connectivity index (χ1n) is 6.51. The monoisotopic (exact) mass is 292 g/mol. The molecule has 0 saturated carbocycles.